The highest BCUT2D eigenvalue weighted by Crippen LogP contribution is 2.25. The molecule has 0 fully saturated rings. The zero-order valence-corrected chi connectivity index (χ0v) is 9.76. The molecule has 1 rings (SSSR count). The van der Waals surface area contributed by atoms with E-state index in [1.54, 1.807) is 0 Å². The summed E-state index contributed by atoms with van der Waals surface area (Å²) in [5.74, 6) is -2.10. The van der Waals surface area contributed by atoms with Crippen LogP contribution >= 0.6 is 0 Å². The van der Waals surface area contributed by atoms with Gasteiger partial charge in [0.2, 0.25) is 0 Å². The van der Waals surface area contributed by atoms with Gasteiger partial charge in [-0.05, 0) is 12.5 Å². The number of anilines is 1. The molecule has 0 aliphatic rings. The Hall–Kier alpha value is -1.99. The van der Waals surface area contributed by atoms with Gasteiger partial charge in [0.1, 0.15) is 0 Å². The molecule has 19 heavy (non-hydrogen) atoms. The van der Waals surface area contributed by atoms with Crippen LogP contribution in [0.2, 0.25) is 0 Å². The molecule has 1 amide bonds. The van der Waals surface area contributed by atoms with E-state index in [0.717, 1.165) is 12.1 Å². The number of alkyl halides is 3. The fraction of sp³-hybridized carbons (Fsp3) is 0.364. The van der Waals surface area contributed by atoms with E-state index >= 15 is 0 Å². The van der Waals surface area contributed by atoms with Gasteiger partial charge in [-0.25, -0.2) is 4.39 Å². The lowest BCUT2D eigenvalue weighted by molar-refractivity contribution is -0.136. The molecule has 1 aromatic carbocycles. The molecule has 1 aromatic rings. The van der Waals surface area contributed by atoms with Gasteiger partial charge in [-0.15, -0.1) is 0 Å². The van der Waals surface area contributed by atoms with Gasteiger partial charge in [0.25, 0.3) is 5.91 Å². The van der Waals surface area contributed by atoms with E-state index in [2.05, 4.69) is 0 Å². The summed E-state index contributed by atoms with van der Waals surface area (Å²) in [6.45, 7) is -0.335. The van der Waals surface area contributed by atoms with Crippen LogP contribution in [0.4, 0.5) is 23.2 Å². The number of benzene rings is 1. The van der Waals surface area contributed by atoms with Crippen LogP contribution < -0.4 is 16.2 Å². The average molecular weight is 280 g/mol. The van der Waals surface area contributed by atoms with Crippen molar-refractivity contribution in [3.05, 3.63) is 23.5 Å². The summed E-state index contributed by atoms with van der Waals surface area (Å²) >= 11 is 0. The van der Waals surface area contributed by atoms with Gasteiger partial charge in [-0.3, -0.25) is 4.79 Å². The third-order valence-electron chi connectivity index (χ3n) is 2.23. The predicted octanol–water partition coefficient (Wildman–Crippen LogP) is 2.23. The molecule has 0 saturated heterocycles. The first-order valence-electron chi connectivity index (χ1n) is 5.29. The Morgan fingerprint density at radius 2 is 1.95 bits per heavy atom. The predicted molar refractivity (Wildman–Crippen MR) is 60.1 cm³/mol. The van der Waals surface area contributed by atoms with Crippen LogP contribution in [0.25, 0.3) is 0 Å². The zero-order chi connectivity index (χ0) is 14.6. The SMILES string of the molecule is NC(=O)c1cc(OCCCC(F)(F)F)c(F)cc1N. The molecule has 0 radical (unpaired) electrons. The molecule has 0 aliphatic heterocycles. The fourth-order valence-electron chi connectivity index (χ4n) is 1.35. The number of rotatable bonds is 5. The van der Waals surface area contributed by atoms with Crippen LogP contribution in [0.3, 0.4) is 0 Å². The molecule has 0 atom stereocenters. The second-order valence-electron chi connectivity index (χ2n) is 3.80. The summed E-state index contributed by atoms with van der Waals surface area (Å²) < 4.78 is 53.8. The first-order chi connectivity index (χ1) is 8.70. The van der Waals surface area contributed by atoms with E-state index < -0.39 is 24.3 Å². The largest absolute Gasteiger partial charge is 0.490 e. The number of hydrogen-bond donors (Lipinski definition) is 2. The number of halogens is 4. The van der Waals surface area contributed by atoms with E-state index in [9.17, 15) is 22.4 Å². The highest BCUT2D eigenvalue weighted by molar-refractivity contribution is 5.98. The van der Waals surface area contributed by atoms with Crippen molar-refractivity contribution in [1.29, 1.82) is 0 Å². The molecule has 0 unspecified atom stereocenters. The third-order valence-corrected chi connectivity index (χ3v) is 2.23. The summed E-state index contributed by atoms with van der Waals surface area (Å²) in [6, 6.07) is 1.81. The van der Waals surface area contributed by atoms with Crippen molar-refractivity contribution in [2.45, 2.75) is 19.0 Å². The van der Waals surface area contributed by atoms with Crippen molar-refractivity contribution in [3.8, 4) is 5.75 Å². The number of nitrogen functional groups attached to an aromatic ring is 1. The minimum absolute atomic E-state index is 0.146. The zero-order valence-electron chi connectivity index (χ0n) is 9.76. The lowest BCUT2D eigenvalue weighted by atomic mass is 10.1. The van der Waals surface area contributed by atoms with E-state index in [1.165, 1.54) is 0 Å². The van der Waals surface area contributed by atoms with Gasteiger partial charge in [-0.1, -0.05) is 0 Å². The minimum Gasteiger partial charge on any atom is -0.490 e. The molecular weight excluding hydrogens is 268 g/mol. The third kappa shape index (κ3) is 4.65. The fourth-order valence-corrected chi connectivity index (χ4v) is 1.35. The number of ether oxygens (including phenoxy) is 1. The lowest BCUT2D eigenvalue weighted by Gasteiger charge is -2.11. The maximum absolute atomic E-state index is 13.4. The standard InChI is InChI=1S/C11H12F4N2O2/c12-7-5-8(16)6(10(17)18)4-9(7)19-3-1-2-11(13,14)15/h4-5H,1-3,16H2,(H2,17,18). The summed E-state index contributed by atoms with van der Waals surface area (Å²) in [6.07, 6.45) is -5.65. The Labute approximate surface area is 106 Å². The van der Waals surface area contributed by atoms with Crippen LogP contribution in [0.5, 0.6) is 5.75 Å². The normalized spacial score (nSPS) is 11.4. The van der Waals surface area contributed by atoms with Gasteiger partial charge in [0.05, 0.1) is 12.2 Å². The van der Waals surface area contributed by atoms with Gasteiger partial charge >= 0.3 is 6.18 Å². The first kappa shape index (κ1) is 15.1. The highest BCUT2D eigenvalue weighted by Gasteiger charge is 2.26. The highest BCUT2D eigenvalue weighted by atomic mass is 19.4. The molecule has 0 aromatic heterocycles. The Kier molecular flexibility index (Phi) is 4.57. The van der Waals surface area contributed by atoms with Crippen LogP contribution in [-0.2, 0) is 0 Å². The Morgan fingerprint density at radius 3 is 2.47 bits per heavy atom. The summed E-state index contributed by atoms with van der Waals surface area (Å²) in [7, 11) is 0. The van der Waals surface area contributed by atoms with Crippen molar-refractivity contribution in [1.82, 2.24) is 0 Å². The number of carbonyl (C=O) groups excluding carboxylic acids is 1. The number of carbonyl (C=O) groups is 1. The molecule has 0 bridgehead atoms. The molecule has 8 heteroatoms. The molecule has 0 spiro atoms. The molecule has 106 valence electrons. The molecule has 4 N–H and O–H groups in total. The van der Waals surface area contributed by atoms with Crippen molar-refractivity contribution < 1.29 is 27.1 Å². The monoisotopic (exact) mass is 280 g/mol. The molecule has 0 heterocycles. The van der Waals surface area contributed by atoms with E-state index in [0.29, 0.717) is 0 Å². The molecule has 0 aliphatic carbocycles. The van der Waals surface area contributed by atoms with E-state index in [4.69, 9.17) is 16.2 Å². The van der Waals surface area contributed by atoms with E-state index in [1.807, 2.05) is 0 Å². The van der Waals surface area contributed by atoms with Gasteiger partial charge in [0, 0.05) is 18.2 Å². The average Bonchev–Trinajstić information content (AvgIpc) is 2.24. The quantitative estimate of drug-likeness (QED) is 0.493. The summed E-state index contributed by atoms with van der Waals surface area (Å²) in [4.78, 5) is 11.0. The summed E-state index contributed by atoms with van der Waals surface area (Å²) in [5, 5.41) is 0. The Balaban J connectivity index is 2.68. The van der Waals surface area contributed by atoms with Crippen LogP contribution in [0.15, 0.2) is 12.1 Å². The van der Waals surface area contributed by atoms with Gasteiger partial charge < -0.3 is 16.2 Å². The second kappa shape index (κ2) is 5.77. The first-order valence-corrected chi connectivity index (χ1v) is 5.29. The van der Waals surface area contributed by atoms with Crippen LogP contribution in [0, 0.1) is 5.82 Å². The van der Waals surface area contributed by atoms with Crippen molar-refractivity contribution in [2.75, 3.05) is 12.3 Å². The lowest BCUT2D eigenvalue weighted by Crippen LogP contribution is -2.15. The number of primary amides is 1. The van der Waals surface area contributed by atoms with E-state index in [-0.39, 0.29) is 30.0 Å². The maximum atomic E-state index is 13.4. The molecule has 4 nitrogen and oxygen atoms in total. The van der Waals surface area contributed by atoms with Gasteiger partial charge in [0.15, 0.2) is 11.6 Å². The number of hydrogen-bond acceptors (Lipinski definition) is 3. The summed E-state index contributed by atoms with van der Waals surface area (Å²) in [5.41, 5.74) is 10.1. The maximum Gasteiger partial charge on any atom is 0.389 e. The van der Waals surface area contributed by atoms with Crippen molar-refractivity contribution in [3.63, 3.8) is 0 Å². The van der Waals surface area contributed by atoms with Crippen LogP contribution in [-0.4, -0.2) is 18.7 Å². The smallest absolute Gasteiger partial charge is 0.389 e. The second-order valence-corrected chi connectivity index (χ2v) is 3.80. The molecular formula is C11H12F4N2O2. The van der Waals surface area contributed by atoms with Crippen molar-refractivity contribution in [2.24, 2.45) is 5.73 Å². The topological polar surface area (TPSA) is 78.3 Å². The van der Waals surface area contributed by atoms with Crippen molar-refractivity contribution >= 4 is 11.6 Å². The molecule has 0 saturated carbocycles. The Bertz CT molecular complexity index is 474. The van der Waals surface area contributed by atoms with Crippen LogP contribution in [0.1, 0.15) is 23.2 Å². The minimum atomic E-state index is -4.29. The number of nitrogens with two attached hydrogens (primary N) is 2. The number of amides is 1. The van der Waals surface area contributed by atoms with Gasteiger partial charge in [-0.2, -0.15) is 13.2 Å². The Morgan fingerprint density at radius 1 is 1.32 bits per heavy atom.